The fourth-order valence-corrected chi connectivity index (χ4v) is 3.71. The summed E-state index contributed by atoms with van der Waals surface area (Å²) in [6.45, 7) is 1.76. The van der Waals surface area contributed by atoms with Gasteiger partial charge in [0.05, 0.1) is 12.5 Å². The van der Waals surface area contributed by atoms with Crippen LogP contribution in [0.2, 0.25) is 0 Å². The van der Waals surface area contributed by atoms with Crippen molar-refractivity contribution in [3.05, 3.63) is 0 Å². The highest BCUT2D eigenvalue weighted by atomic mass is 32.2. The Balaban J connectivity index is 5.24. The average Bonchev–Trinajstić information content (AvgIpc) is 2.83. The predicted molar refractivity (Wildman–Crippen MR) is 143 cm³/mol. The molecule has 0 aromatic heterocycles. The van der Waals surface area contributed by atoms with Crippen LogP contribution in [0.3, 0.4) is 0 Å². The van der Waals surface area contributed by atoms with Gasteiger partial charge in [-0.15, -0.1) is 0 Å². The van der Waals surface area contributed by atoms with Crippen LogP contribution in [0.4, 0.5) is 0 Å². The minimum Gasteiger partial charge on any atom is -0.480 e. The summed E-state index contributed by atoms with van der Waals surface area (Å²) < 4.78 is 0. The number of aliphatic carboxylic acids is 1. The molecule has 16 heteroatoms. The van der Waals surface area contributed by atoms with E-state index in [1.807, 2.05) is 0 Å². The first kappa shape index (κ1) is 34.4. The highest BCUT2D eigenvalue weighted by molar-refractivity contribution is 7.98. The molecule has 0 unspecified atom stereocenters. The molecule has 0 aliphatic heterocycles. The first-order valence-electron chi connectivity index (χ1n) is 11.7. The SMILES string of the molecule is CSCC[C@H](NC(=O)[C@H](C)NC(=O)[C@@H](N)CC(N)=O)C(=O)N[C@@H](CS)C(=O)N[C@@H](CCCCN)C(=O)O. The summed E-state index contributed by atoms with van der Waals surface area (Å²) in [7, 11) is 0. The maximum absolute atomic E-state index is 12.9. The summed E-state index contributed by atoms with van der Waals surface area (Å²) in [5.41, 5.74) is 16.0. The van der Waals surface area contributed by atoms with E-state index in [0.717, 1.165) is 0 Å². The summed E-state index contributed by atoms with van der Waals surface area (Å²) in [6, 6.07) is -5.71. The van der Waals surface area contributed by atoms with Crippen LogP contribution in [0.5, 0.6) is 0 Å². The Bertz CT molecular complexity index is 803. The van der Waals surface area contributed by atoms with E-state index in [0.29, 0.717) is 25.1 Å². The molecule has 0 aliphatic carbocycles. The van der Waals surface area contributed by atoms with Gasteiger partial charge in [0.1, 0.15) is 24.2 Å². The topological polar surface area (TPSA) is 249 Å². The van der Waals surface area contributed by atoms with Gasteiger partial charge in [-0.05, 0) is 51.2 Å². The van der Waals surface area contributed by atoms with Gasteiger partial charge in [0.15, 0.2) is 0 Å². The maximum Gasteiger partial charge on any atom is 0.326 e. The zero-order valence-electron chi connectivity index (χ0n) is 21.0. The quantitative estimate of drug-likeness (QED) is 0.0568. The first-order valence-corrected chi connectivity index (χ1v) is 13.7. The zero-order valence-corrected chi connectivity index (χ0v) is 22.7. The Kier molecular flexibility index (Phi) is 17.4. The molecule has 37 heavy (non-hydrogen) atoms. The molecule has 5 amide bonds. The second-order valence-corrected chi connectivity index (χ2v) is 9.63. The van der Waals surface area contributed by atoms with Gasteiger partial charge in [-0.2, -0.15) is 24.4 Å². The minimum atomic E-state index is -1.23. The van der Waals surface area contributed by atoms with Crippen molar-refractivity contribution in [3.63, 3.8) is 0 Å². The molecule has 0 aliphatic rings. The normalized spacial score (nSPS) is 14.8. The standard InChI is InChI=1S/C21H39N7O7S2/c1-11(25-18(31)12(23)9-16(24)29)17(30)26-13(6-8-37-2)19(32)28-15(10-36)20(33)27-14(21(34)35)5-3-4-7-22/h11-15,36H,3-10,22-23H2,1-2H3,(H2,24,29)(H,25,31)(H,26,30)(H,27,33)(H,28,32)(H,34,35)/t11-,12-,13-,14-,15-/m0/s1. The van der Waals surface area contributed by atoms with Crippen molar-refractivity contribution in [1.82, 2.24) is 21.3 Å². The van der Waals surface area contributed by atoms with E-state index in [4.69, 9.17) is 17.2 Å². The fourth-order valence-electron chi connectivity index (χ4n) is 2.99. The number of primary amides is 1. The van der Waals surface area contributed by atoms with Crippen molar-refractivity contribution in [3.8, 4) is 0 Å². The predicted octanol–water partition coefficient (Wildman–Crippen LogP) is -2.96. The lowest BCUT2D eigenvalue weighted by atomic mass is 10.1. The smallest absolute Gasteiger partial charge is 0.326 e. The van der Waals surface area contributed by atoms with Gasteiger partial charge < -0.3 is 43.6 Å². The van der Waals surface area contributed by atoms with Crippen molar-refractivity contribution < 1.29 is 33.9 Å². The van der Waals surface area contributed by atoms with Gasteiger partial charge in [-0.1, -0.05) is 0 Å². The van der Waals surface area contributed by atoms with Crippen LogP contribution in [-0.2, 0) is 28.8 Å². The number of hydrogen-bond acceptors (Lipinski definition) is 10. The summed E-state index contributed by atoms with van der Waals surface area (Å²) >= 11 is 5.51. The number of carboxylic acids is 1. The Morgan fingerprint density at radius 1 is 0.865 bits per heavy atom. The molecule has 0 aromatic carbocycles. The molecule has 0 rings (SSSR count). The molecule has 5 atom stereocenters. The Morgan fingerprint density at radius 3 is 1.95 bits per heavy atom. The van der Waals surface area contributed by atoms with E-state index < -0.39 is 72.1 Å². The lowest BCUT2D eigenvalue weighted by molar-refractivity contribution is -0.142. The zero-order chi connectivity index (χ0) is 28.5. The number of nitrogens with one attached hydrogen (secondary N) is 4. The van der Waals surface area contributed by atoms with E-state index in [9.17, 15) is 33.9 Å². The number of carbonyl (C=O) groups is 6. The van der Waals surface area contributed by atoms with Crippen molar-refractivity contribution in [1.29, 1.82) is 0 Å². The van der Waals surface area contributed by atoms with Crippen LogP contribution >= 0.6 is 24.4 Å². The number of rotatable bonds is 19. The lowest BCUT2D eigenvalue weighted by Crippen LogP contribution is -2.58. The van der Waals surface area contributed by atoms with Crippen molar-refractivity contribution >= 4 is 59.9 Å². The summed E-state index contributed by atoms with van der Waals surface area (Å²) in [5, 5.41) is 19.1. The van der Waals surface area contributed by atoms with E-state index in [1.54, 1.807) is 6.26 Å². The molecule has 0 spiro atoms. The molecular formula is C21H39N7O7S2. The monoisotopic (exact) mass is 565 g/mol. The van der Waals surface area contributed by atoms with Gasteiger partial charge in [0.25, 0.3) is 0 Å². The third kappa shape index (κ3) is 14.1. The molecule has 0 radical (unpaired) electrons. The van der Waals surface area contributed by atoms with Gasteiger partial charge in [-0.25, -0.2) is 4.79 Å². The van der Waals surface area contributed by atoms with Crippen LogP contribution in [0.25, 0.3) is 0 Å². The number of nitrogens with two attached hydrogens (primary N) is 3. The molecule has 0 saturated heterocycles. The number of hydrogen-bond donors (Lipinski definition) is 9. The Hall–Kier alpha value is -2.56. The largest absolute Gasteiger partial charge is 0.480 e. The van der Waals surface area contributed by atoms with Crippen LogP contribution < -0.4 is 38.5 Å². The molecular weight excluding hydrogens is 526 g/mol. The van der Waals surface area contributed by atoms with E-state index in [1.165, 1.54) is 18.7 Å². The van der Waals surface area contributed by atoms with Crippen LogP contribution in [0, 0.1) is 0 Å². The number of amides is 5. The highest BCUT2D eigenvalue weighted by Gasteiger charge is 2.30. The molecule has 0 fully saturated rings. The minimum absolute atomic E-state index is 0.125. The molecule has 212 valence electrons. The Labute approximate surface area is 225 Å². The highest BCUT2D eigenvalue weighted by Crippen LogP contribution is 2.05. The third-order valence-electron chi connectivity index (χ3n) is 5.13. The fraction of sp³-hybridized carbons (Fsp3) is 0.714. The third-order valence-corrected chi connectivity index (χ3v) is 6.14. The molecule has 14 nitrogen and oxygen atoms in total. The van der Waals surface area contributed by atoms with Crippen molar-refractivity contribution in [2.24, 2.45) is 17.2 Å². The first-order chi connectivity index (χ1) is 17.4. The van der Waals surface area contributed by atoms with Crippen molar-refractivity contribution in [2.45, 2.75) is 69.2 Å². The molecule has 0 aromatic rings. The number of unbranched alkanes of at least 4 members (excludes halogenated alkanes) is 1. The van der Waals surface area contributed by atoms with Gasteiger partial charge in [0, 0.05) is 5.75 Å². The second kappa shape index (κ2) is 18.6. The van der Waals surface area contributed by atoms with Gasteiger partial charge >= 0.3 is 5.97 Å². The molecule has 0 heterocycles. The summed E-state index contributed by atoms with van der Waals surface area (Å²) in [6.07, 6.45) is 2.88. The number of thiol groups is 1. The van der Waals surface area contributed by atoms with E-state index in [2.05, 4.69) is 33.9 Å². The van der Waals surface area contributed by atoms with E-state index in [-0.39, 0.29) is 18.6 Å². The Morgan fingerprint density at radius 2 is 1.43 bits per heavy atom. The summed E-state index contributed by atoms with van der Waals surface area (Å²) in [5.74, 6) is -4.51. The van der Waals surface area contributed by atoms with Crippen LogP contribution in [-0.4, -0.2) is 95.1 Å². The second-order valence-electron chi connectivity index (χ2n) is 8.28. The lowest BCUT2D eigenvalue weighted by Gasteiger charge is -2.25. The summed E-state index contributed by atoms with van der Waals surface area (Å²) in [4.78, 5) is 72.7. The number of carboxylic acid groups (broad SMARTS) is 1. The maximum atomic E-state index is 12.9. The molecule has 0 saturated carbocycles. The average molecular weight is 566 g/mol. The van der Waals surface area contributed by atoms with Gasteiger partial charge in [-0.3, -0.25) is 24.0 Å². The van der Waals surface area contributed by atoms with Crippen molar-refractivity contribution in [2.75, 3.05) is 24.3 Å². The number of carbonyl (C=O) groups excluding carboxylic acids is 5. The number of thioether (sulfide) groups is 1. The van der Waals surface area contributed by atoms with Crippen LogP contribution in [0.1, 0.15) is 39.0 Å². The van der Waals surface area contributed by atoms with E-state index >= 15 is 0 Å². The molecule has 11 N–H and O–H groups in total. The van der Waals surface area contributed by atoms with Crippen LogP contribution in [0.15, 0.2) is 0 Å². The molecule has 0 bridgehead atoms. The van der Waals surface area contributed by atoms with Gasteiger partial charge in [0.2, 0.25) is 29.5 Å².